The van der Waals surface area contributed by atoms with Crippen molar-refractivity contribution in [3.63, 3.8) is 0 Å². The normalized spacial score (nSPS) is 21.7. The van der Waals surface area contributed by atoms with E-state index in [1.54, 1.807) is 12.1 Å². The number of benzene rings is 1. The zero-order valence-corrected chi connectivity index (χ0v) is 13.8. The predicted octanol–water partition coefficient (Wildman–Crippen LogP) is 1.63. The number of hydrogen-bond donors (Lipinski definition) is 1. The molecule has 0 aliphatic carbocycles. The van der Waals surface area contributed by atoms with Crippen molar-refractivity contribution in [2.75, 3.05) is 36.0 Å². The quantitative estimate of drug-likeness (QED) is 0.896. The Labute approximate surface area is 142 Å². The highest BCUT2D eigenvalue weighted by atomic mass is 32.2. The Morgan fingerprint density at radius 3 is 2.92 bits per heavy atom. The lowest BCUT2D eigenvalue weighted by molar-refractivity contribution is -0.135. The molecule has 2 fully saturated rings. The number of nitrogens with one attached hydrogen (secondary N) is 1. The second-order valence-electron chi connectivity index (χ2n) is 6.05. The third-order valence-corrected chi connectivity index (χ3v) is 5.51. The number of aromatic amines is 1. The second kappa shape index (κ2) is 6.08. The van der Waals surface area contributed by atoms with Crippen LogP contribution < -0.4 is 4.90 Å². The van der Waals surface area contributed by atoms with Crippen LogP contribution in [-0.4, -0.2) is 58.1 Å². The lowest BCUT2D eigenvalue weighted by atomic mass is 10.1. The first kappa shape index (κ1) is 15.4. The van der Waals surface area contributed by atoms with Gasteiger partial charge in [0.2, 0.25) is 11.8 Å². The van der Waals surface area contributed by atoms with E-state index in [-0.39, 0.29) is 36.5 Å². The highest BCUT2D eigenvalue weighted by molar-refractivity contribution is 7.99. The average molecular weight is 348 g/mol. The Balaban J connectivity index is 1.58. The summed E-state index contributed by atoms with van der Waals surface area (Å²) in [6, 6.07) is 4.64. The van der Waals surface area contributed by atoms with E-state index in [0.29, 0.717) is 10.9 Å². The van der Waals surface area contributed by atoms with Crippen molar-refractivity contribution in [1.29, 1.82) is 0 Å². The molecular formula is C16H17FN4O2S. The van der Waals surface area contributed by atoms with Crippen LogP contribution in [0, 0.1) is 11.7 Å². The first-order valence-corrected chi connectivity index (χ1v) is 9.10. The van der Waals surface area contributed by atoms with Gasteiger partial charge in [0.15, 0.2) is 5.82 Å². The van der Waals surface area contributed by atoms with Crippen molar-refractivity contribution in [2.45, 2.75) is 6.42 Å². The number of anilines is 1. The molecular weight excluding hydrogens is 331 g/mol. The van der Waals surface area contributed by atoms with Crippen LogP contribution in [0.2, 0.25) is 0 Å². The highest BCUT2D eigenvalue weighted by Crippen LogP contribution is 2.32. The molecule has 0 radical (unpaired) electrons. The minimum Gasteiger partial charge on any atom is -0.341 e. The molecule has 0 saturated carbocycles. The van der Waals surface area contributed by atoms with Gasteiger partial charge in [-0.1, -0.05) is 6.07 Å². The third kappa shape index (κ3) is 2.54. The first-order valence-electron chi connectivity index (χ1n) is 7.94. The van der Waals surface area contributed by atoms with E-state index in [2.05, 4.69) is 10.2 Å². The number of rotatable bonds is 2. The summed E-state index contributed by atoms with van der Waals surface area (Å²) in [7, 11) is 0. The smallest absolute Gasteiger partial charge is 0.229 e. The molecule has 2 amide bonds. The molecule has 1 N–H and O–H groups in total. The SMILES string of the molecule is O=C([C@@H]1CC(=O)N(c2n[nH]c3cccc(F)c23)C1)N1CCSCC1. The number of nitrogens with zero attached hydrogens (tertiary/aromatic N) is 3. The van der Waals surface area contributed by atoms with Gasteiger partial charge in [0.25, 0.3) is 0 Å². The summed E-state index contributed by atoms with van der Waals surface area (Å²) in [4.78, 5) is 28.3. The summed E-state index contributed by atoms with van der Waals surface area (Å²) in [6.07, 6.45) is 0.158. The van der Waals surface area contributed by atoms with E-state index in [9.17, 15) is 14.0 Å². The summed E-state index contributed by atoms with van der Waals surface area (Å²) < 4.78 is 14.1. The fourth-order valence-corrected chi connectivity index (χ4v) is 4.23. The lowest BCUT2D eigenvalue weighted by Gasteiger charge is -2.28. The topological polar surface area (TPSA) is 69.3 Å². The monoisotopic (exact) mass is 348 g/mol. The van der Waals surface area contributed by atoms with E-state index in [4.69, 9.17) is 0 Å². The maximum Gasteiger partial charge on any atom is 0.229 e. The van der Waals surface area contributed by atoms with Crippen LogP contribution in [0.15, 0.2) is 18.2 Å². The molecule has 1 aromatic heterocycles. The first-order chi connectivity index (χ1) is 11.6. The van der Waals surface area contributed by atoms with Crippen LogP contribution in [0.5, 0.6) is 0 Å². The van der Waals surface area contributed by atoms with E-state index < -0.39 is 5.82 Å². The maximum atomic E-state index is 14.1. The van der Waals surface area contributed by atoms with Crippen LogP contribution >= 0.6 is 11.8 Å². The number of amides is 2. The van der Waals surface area contributed by atoms with Crippen LogP contribution in [0.4, 0.5) is 10.2 Å². The van der Waals surface area contributed by atoms with Gasteiger partial charge in [-0.2, -0.15) is 16.9 Å². The van der Waals surface area contributed by atoms with Crippen molar-refractivity contribution in [2.24, 2.45) is 5.92 Å². The van der Waals surface area contributed by atoms with E-state index >= 15 is 0 Å². The minimum absolute atomic E-state index is 0.0199. The number of H-pyrrole nitrogens is 1. The predicted molar refractivity (Wildman–Crippen MR) is 90.4 cm³/mol. The van der Waals surface area contributed by atoms with Gasteiger partial charge in [0.1, 0.15) is 5.82 Å². The van der Waals surface area contributed by atoms with Gasteiger partial charge in [0.05, 0.1) is 16.8 Å². The molecule has 2 aliphatic heterocycles. The molecule has 0 spiro atoms. The van der Waals surface area contributed by atoms with Gasteiger partial charge < -0.3 is 4.90 Å². The van der Waals surface area contributed by atoms with Crippen LogP contribution in [0.1, 0.15) is 6.42 Å². The molecule has 4 rings (SSSR count). The van der Waals surface area contributed by atoms with Gasteiger partial charge in [-0.25, -0.2) is 4.39 Å². The van der Waals surface area contributed by atoms with E-state index in [0.717, 1.165) is 24.6 Å². The fraction of sp³-hybridized carbons (Fsp3) is 0.438. The molecule has 1 atom stereocenters. The number of carbonyl (C=O) groups is 2. The summed E-state index contributed by atoms with van der Waals surface area (Å²) >= 11 is 1.83. The molecule has 2 aromatic rings. The number of halogens is 1. The van der Waals surface area contributed by atoms with Gasteiger partial charge >= 0.3 is 0 Å². The molecule has 0 bridgehead atoms. The summed E-state index contributed by atoms with van der Waals surface area (Å²) in [6.45, 7) is 1.72. The van der Waals surface area contributed by atoms with E-state index in [1.165, 1.54) is 11.0 Å². The fourth-order valence-electron chi connectivity index (χ4n) is 3.33. The molecule has 2 saturated heterocycles. The standard InChI is InChI=1S/C16H17FN4O2S/c17-11-2-1-3-12-14(11)15(19-18-12)21-9-10(8-13(21)22)16(23)20-4-6-24-7-5-20/h1-3,10H,4-9H2,(H,18,19)/t10-/m1/s1. The Morgan fingerprint density at radius 2 is 2.12 bits per heavy atom. The third-order valence-electron chi connectivity index (χ3n) is 4.57. The zero-order chi connectivity index (χ0) is 16.7. The number of thioether (sulfide) groups is 1. The van der Waals surface area contributed by atoms with Crippen molar-refractivity contribution in [1.82, 2.24) is 15.1 Å². The molecule has 24 heavy (non-hydrogen) atoms. The molecule has 1 aromatic carbocycles. The molecule has 6 nitrogen and oxygen atoms in total. The van der Waals surface area contributed by atoms with E-state index in [1.807, 2.05) is 16.7 Å². The Kier molecular flexibility index (Phi) is 3.91. The molecule has 8 heteroatoms. The Morgan fingerprint density at radius 1 is 1.33 bits per heavy atom. The number of aromatic nitrogens is 2. The van der Waals surface area contributed by atoms with Crippen LogP contribution in [0.25, 0.3) is 10.9 Å². The Bertz CT molecular complexity index is 802. The molecule has 2 aliphatic rings. The zero-order valence-electron chi connectivity index (χ0n) is 13.0. The van der Waals surface area contributed by atoms with Crippen molar-refractivity contribution >= 4 is 40.3 Å². The average Bonchev–Trinajstić information content (AvgIpc) is 3.19. The summed E-state index contributed by atoms with van der Waals surface area (Å²) in [5.74, 6) is 1.18. The van der Waals surface area contributed by atoms with Crippen molar-refractivity contribution in [3.05, 3.63) is 24.0 Å². The summed E-state index contributed by atoms with van der Waals surface area (Å²) in [5.41, 5.74) is 0.542. The van der Waals surface area contributed by atoms with Gasteiger partial charge in [-0.3, -0.25) is 19.6 Å². The summed E-state index contributed by atoms with van der Waals surface area (Å²) in [5, 5.41) is 7.16. The number of hydrogen-bond acceptors (Lipinski definition) is 4. The van der Waals surface area contributed by atoms with Crippen LogP contribution in [-0.2, 0) is 9.59 Å². The van der Waals surface area contributed by atoms with Crippen molar-refractivity contribution < 1.29 is 14.0 Å². The largest absolute Gasteiger partial charge is 0.341 e. The van der Waals surface area contributed by atoms with Gasteiger partial charge in [-0.05, 0) is 12.1 Å². The number of carbonyl (C=O) groups excluding carboxylic acids is 2. The van der Waals surface area contributed by atoms with Gasteiger partial charge in [0, 0.05) is 37.6 Å². The molecule has 3 heterocycles. The van der Waals surface area contributed by atoms with Crippen molar-refractivity contribution in [3.8, 4) is 0 Å². The Hall–Kier alpha value is -2.09. The van der Waals surface area contributed by atoms with Crippen LogP contribution in [0.3, 0.4) is 0 Å². The van der Waals surface area contributed by atoms with Gasteiger partial charge in [-0.15, -0.1) is 0 Å². The second-order valence-corrected chi connectivity index (χ2v) is 7.28. The lowest BCUT2D eigenvalue weighted by Crippen LogP contribution is -2.42. The maximum absolute atomic E-state index is 14.1. The molecule has 0 unspecified atom stereocenters. The minimum atomic E-state index is -0.424. The molecule has 126 valence electrons. The number of fused-ring (bicyclic) bond motifs is 1. The highest BCUT2D eigenvalue weighted by Gasteiger charge is 2.39.